The van der Waals surface area contributed by atoms with Gasteiger partial charge in [0.1, 0.15) is 0 Å². The van der Waals surface area contributed by atoms with E-state index in [1.807, 2.05) is 0 Å². The summed E-state index contributed by atoms with van der Waals surface area (Å²) in [5.74, 6) is 0.713. The summed E-state index contributed by atoms with van der Waals surface area (Å²) in [6, 6.07) is 3.65. The molecule has 7 heteroatoms. The Bertz CT molecular complexity index is 630. The van der Waals surface area contributed by atoms with Crippen LogP contribution in [0, 0.1) is 5.92 Å². The summed E-state index contributed by atoms with van der Waals surface area (Å²) in [6.45, 7) is 6.86. The van der Waals surface area contributed by atoms with E-state index < -0.39 is 0 Å². The molecule has 0 bridgehead atoms. The Morgan fingerprint density at radius 1 is 1.32 bits per heavy atom. The van der Waals surface area contributed by atoms with Crippen LogP contribution in [0.2, 0.25) is 10.0 Å². The molecule has 0 unspecified atom stereocenters. The summed E-state index contributed by atoms with van der Waals surface area (Å²) in [6.07, 6.45) is 1.17. The fourth-order valence-corrected chi connectivity index (χ4v) is 4.20. The van der Waals surface area contributed by atoms with Gasteiger partial charge in [-0.15, -0.1) is 0 Å². The molecule has 2 saturated heterocycles. The Hall–Kier alpha value is -1.01. The number of ether oxygens (including phenoxy) is 2. The summed E-state index contributed by atoms with van der Waals surface area (Å²) < 4.78 is 11.1. The van der Waals surface area contributed by atoms with Gasteiger partial charge >= 0.3 is 0 Å². The van der Waals surface area contributed by atoms with Gasteiger partial charge in [0.05, 0.1) is 29.9 Å². The van der Waals surface area contributed by atoms with E-state index >= 15 is 0 Å². The predicted octanol–water partition coefficient (Wildman–Crippen LogP) is 3.23. The molecule has 0 spiro atoms. The fourth-order valence-electron chi connectivity index (χ4n) is 3.56. The molecule has 0 aromatic heterocycles. The topological polar surface area (TPSA) is 50.8 Å². The lowest BCUT2D eigenvalue weighted by Gasteiger charge is -2.36. The van der Waals surface area contributed by atoms with Gasteiger partial charge < -0.3 is 14.8 Å². The summed E-state index contributed by atoms with van der Waals surface area (Å²) in [7, 11) is 1.49. The number of amides is 1. The zero-order valence-electron chi connectivity index (χ0n) is 14.7. The van der Waals surface area contributed by atoms with Crippen LogP contribution in [0.15, 0.2) is 12.1 Å². The molecule has 3 atom stereocenters. The van der Waals surface area contributed by atoms with Gasteiger partial charge in [-0.2, -0.15) is 0 Å². The minimum absolute atomic E-state index is 0.103. The quantitative estimate of drug-likeness (QED) is 0.862. The number of carbonyl (C=O) groups excluding carboxylic acids is 1. The van der Waals surface area contributed by atoms with Gasteiger partial charge in [-0.05, 0) is 24.5 Å². The molecule has 2 aliphatic heterocycles. The van der Waals surface area contributed by atoms with Crippen LogP contribution >= 0.6 is 23.2 Å². The fraction of sp³-hybridized carbons (Fsp3) is 0.611. The maximum absolute atomic E-state index is 12.6. The zero-order valence-corrected chi connectivity index (χ0v) is 16.2. The minimum Gasteiger partial charge on any atom is -0.494 e. The molecule has 1 amide bonds. The monoisotopic (exact) mass is 386 g/mol. The Morgan fingerprint density at radius 3 is 2.60 bits per heavy atom. The molecular weight excluding hydrogens is 363 g/mol. The molecule has 0 radical (unpaired) electrons. The van der Waals surface area contributed by atoms with E-state index in [0.29, 0.717) is 33.3 Å². The SMILES string of the molecule is COc1c(Cl)cc(C(=O)N[C@H]2C[C@H]3CO[C@@H](C(C)C)CN3C2)cc1Cl. The van der Waals surface area contributed by atoms with E-state index in [2.05, 4.69) is 24.1 Å². The van der Waals surface area contributed by atoms with Crippen LogP contribution in [-0.2, 0) is 4.74 Å². The van der Waals surface area contributed by atoms with Crippen LogP contribution in [0.5, 0.6) is 5.75 Å². The number of methoxy groups -OCH3 is 1. The lowest BCUT2D eigenvalue weighted by atomic mass is 10.0. The van der Waals surface area contributed by atoms with Crippen molar-refractivity contribution in [3.05, 3.63) is 27.7 Å². The van der Waals surface area contributed by atoms with Crippen LogP contribution in [0.25, 0.3) is 0 Å². The second-order valence-electron chi connectivity index (χ2n) is 7.10. The molecule has 25 heavy (non-hydrogen) atoms. The second kappa shape index (κ2) is 7.70. The third kappa shape index (κ3) is 4.05. The summed E-state index contributed by atoms with van der Waals surface area (Å²) in [5, 5.41) is 3.75. The van der Waals surface area contributed by atoms with Crippen LogP contribution < -0.4 is 10.1 Å². The van der Waals surface area contributed by atoms with Crippen molar-refractivity contribution in [3.63, 3.8) is 0 Å². The molecule has 2 heterocycles. The van der Waals surface area contributed by atoms with E-state index in [4.69, 9.17) is 32.7 Å². The molecule has 3 rings (SSSR count). The molecule has 138 valence electrons. The van der Waals surface area contributed by atoms with E-state index in [0.717, 1.165) is 26.1 Å². The lowest BCUT2D eigenvalue weighted by molar-refractivity contribution is -0.0683. The first kappa shape index (κ1) is 18.8. The number of hydrogen-bond acceptors (Lipinski definition) is 4. The van der Waals surface area contributed by atoms with Gasteiger partial charge in [0, 0.05) is 30.7 Å². The first-order chi connectivity index (χ1) is 11.9. The first-order valence-corrected chi connectivity index (χ1v) is 9.34. The van der Waals surface area contributed by atoms with Crippen molar-refractivity contribution in [2.75, 3.05) is 26.8 Å². The number of fused-ring (bicyclic) bond motifs is 1. The highest BCUT2D eigenvalue weighted by Gasteiger charge is 2.38. The maximum Gasteiger partial charge on any atom is 0.251 e. The second-order valence-corrected chi connectivity index (χ2v) is 7.92. The van der Waals surface area contributed by atoms with Crippen molar-refractivity contribution >= 4 is 29.1 Å². The van der Waals surface area contributed by atoms with E-state index in [1.54, 1.807) is 12.1 Å². The number of carbonyl (C=O) groups is 1. The first-order valence-electron chi connectivity index (χ1n) is 8.58. The van der Waals surface area contributed by atoms with Crippen molar-refractivity contribution in [2.24, 2.45) is 5.92 Å². The third-order valence-electron chi connectivity index (χ3n) is 4.99. The molecule has 1 aromatic carbocycles. The van der Waals surface area contributed by atoms with Gasteiger partial charge in [-0.25, -0.2) is 0 Å². The Kier molecular flexibility index (Phi) is 5.78. The van der Waals surface area contributed by atoms with Gasteiger partial charge in [0.2, 0.25) is 0 Å². The summed E-state index contributed by atoms with van der Waals surface area (Å²) in [4.78, 5) is 15.0. The highest BCUT2D eigenvalue weighted by atomic mass is 35.5. The predicted molar refractivity (Wildman–Crippen MR) is 98.8 cm³/mol. The molecule has 2 aliphatic rings. The molecular formula is C18H24Cl2N2O3. The van der Waals surface area contributed by atoms with E-state index in [1.165, 1.54) is 7.11 Å². The number of benzene rings is 1. The average Bonchev–Trinajstić information content (AvgIpc) is 2.95. The molecule has 1 N–H and O–H groups in total. The summed E-state index contributed by atoms with van der Waals surface area (Å²) >= 11 is 12.3. The van der Waals surface area contributed by atoms with Crippen molar-refractivity contribution in [3.8, 4) is 5.75 Å². The van der Waals surface area contributed by atoms with Gasteiger partial charge in [-0.1, -0.05) is 37.0 Å². The number of morpholine rings is 1. The molecule has 1 aromatic rings. The zero-order chi connectivity index (χ0) is 18.1. The molecule has 2 fully saturated rings. The van der Waals surface area contributed by atoms with Gasteiger partial charge in [0.25, 0.3) is 5.91 Å². The van der Waals surface area contributed by atoms with Crippen LogP contribution in [0.1, 0.15) is 30.6 Å². The van der Waals surface area contributed by atoms with Crippen molar-refractivity contribution in [1.29, 1.82) is 0 Å². The van der Waals surface area contributed by atoms with Crippen molar-refractivity contribution < 1.29 is 14.3 Å². The molecule has 0 saturated carbocycles. The highest BCUT2D eigenvalue weighted by molar-refractivity contribution is 6.37. The standard InChI is InChI=1S/C18H24Cl2N2O3/c1-10(2)16-8-22-7-12(6-13(22)9-25-16)21-18(23)11-4-14(19)17(24-3)15(20)5-11/h4-5,10,12-13,16H,6-9H2,1-3H3,(H,21,23)/t12-,13-,16+/m0/s1. The Balaban J connectivity index is 1.63. The number of rotatable bonds is 4. The smallest absolute Gasteiger partial charge is 0.251 e. The largest absolute Gasteiger partial charge is 0.494 e. The molecule has 5 nitrogen and oxygen atoms in total. The Morgan fingerprint density at radius 2 is 2.00 bits per heavy atom. The highest BCUT2D eigenvalue weighted by Crippen LogP contribution is 2.34. The number of nitrogens with zero attached hydrogens (tertiary/aromatic N) is 1. The van der Waals surface area contributed by atoms with Crippen molar-refractivity contribution in [2.45, 2.75) is 38.5 Å². The van der Waals surface area contributed by atoms with Crippen molar-refractivity contribution in [1.82, 2.24) is 10.2 Å². The van der Waals surface area contributed by atoms with E-state index in [9.17, 15) is 4.79 Å². The van der Waals surface area contributed by atoms with Crippen LogP contribution in [0.3, 0.4) is 0 Å². The average molecular weight is 387 g/mol. The van der Waals surface area contributed by atoms with E-state index in [-0.39, 0.29) is 18.1 Å². The summed E-state index contributed by atoms with van der Waals surface area (Å²) in [5.41, 5.74) is 0.442. The maximum atomic E-state index is 12.6. The minimum atomic E-state index is -0.169. The Labute approximate surface area is 158 Å². The van der Waals surface area contributed by atoms with Crippen LogP contribution in [0.4, 0.5) is 0 Å². The molecule has 0 aliphatic carbocycles. The van der Waals surface area contributed by atoms with Gasteiger partial charge in [-0.3, -0.25) is 9.69 Å². The van der Waals surface area contributed by atoms with Gasteiger partial charge in [0.15, 0.2) is 5.75 Å². The number of hydrogen-bond donors (Lipinski definition) is 1. The van der Waals surface area contributed by atoms with Crippen LogP contribution in [-0.4, -0.2) is 55.8 Å². The lowest BCUT2D eigenvalue weighted by Crippen LogP contribution is -2.48. The number of nitrogens with one attached hydrogen (secondary N) is 1. The number of halogens is 2. The normalized spacial score (nSPS) is 26.6. The third-order valence-corrected chi connectivity index (χ3v) is 5.55.